The quantitative estimate of drug-likeness (QED) is 0.760. The molecule has 2 aromatic carbocycles. The van der Waals surface area contributed by atoms with Crippen LogP contribution in [0.4, 0.5) is 5.69 Å². The summed E-state index contributed by atoms with van der Waals surface area (Å²) in [6.45, 7) is 6.37. The number of anilines is 1. The van der Waals surface area contributed by atoms with E-state index in [1.807, 2.05) is 44.2 Å². The van der Waals surface area contributed by atoms with Gasteiger partial charge in [-0.25, -0.2) is 8.42 Å². The first-order valence-corrected chi connectivity index (χ1v) is 9.50. The highest BCUT2D eigenvalue weighted by Crippen LogP contribution is 2.20. The highest BCUT2D eigenvalue weighted by Gasteiger charge is 2.17. The summed E-state index contributed by atoms with van der Waals surface area (Å²) >= 11 is 0. The van der Waals surface area contributed by atoms with Gasteiger partial charge < -0.3 is 0 Å². The zero-order valence-corrected chi connectivity index (χ0v) is 15.3. The maximum absolute atomic E-state index is 12.6. The molecular formula is C19H21N3O2S. The Balaban J connectivity index is 1.80. The lowest BCUT2D eigenvalue weighted by Crippen LogP contribution is -2.14. The van der Waals surface area contributed by atoms with Crippen LogP contribution >= 0.6 is 0 Å². The lowest BCUT2D eigenvalue weighted by atomic mass is 10.1. The van der Waals surface area contributed by atoms with Crippen LogP contribution in [0.25, 0.3) is 0 Å². The maximum atomic E-state index is 12.6. The molecule has 0 atom stereocenters. The van der Waals surface area contributed by atoms with Gasteiger partial charge in [-0.3, -0.25) is 9.40 Å². The minimum absolute atomic E-state index is 0.282. The third-order valence-corrected chi connectivity index (χ3v) is 5.64. The van der Waals surface area contributed by atoms with E-state index >= 15 is 0 Å². The van der Waals surface area contributed by atoms with Gasteiger partial charge in [0.05, 0.1) is 23.3 Å². The first kappa shape index (κ1) is 17.2. The summed E-state index contributed by atoms with van der Waals surface area (Å²) in [6.07, 6.45) is 3.23. The number of hydrogen-bond donors (Lipinski definition) is 1. The number of aromatic nitrogens is 2. The lowest BCUT2D eigenvalue weighted by Gasteiger charge is -2.09. The normalized spacial score (nSPS) is 11.5. The van der Waals surface area contributed by atoms with E-state index in [2.05, 4.69) is 9.82 Å². The second-order valence-electron chi connectivity index (χ2n) is 6.23. The van der Waals surface area contributed by atoms with E-state index in [1.165, 1.54) is 11.8 Å². The number of nitrogens with zero attached hydrogens (tertiary/aromatic N) is 2. The van der Waals surface area contributed by atoms with Crippen LogP contribution in [0.1, 0.15) is 22.3 Å². The molecule has 0 bridgehead atoms. The van der Waals surface area contributed by atoms with Crippen LogP contribution in [0.3, 0.4) is 0 Å². The second kappa shape index (κ2) is 6.72. The van der Waals surface area contributed by atoms with Crippen molar-refractivity contribution in [2.24, 2.45) is 0 Å². The number of benzene rings is 2. The highest BCUT2D eigenvalue weighted by molar-refractivity contribution is 7.92. The van der Waals surface area contributed by atoms with Crippen LogP contribution < -0.4 is 4.72 Å². The van der Waals surface area contributed by atoms with Crippen LogP contribution in [0.15, 0.2) is 59.8 Å². The molecule has 3 rings (SSSR count). The standard InChI is InChI=1S/C19H21N3O2S/c1-14-8-9-19(16(3)10-14)25(23,24)21-18-11-20-22(13-18)12-17-7-5-4-6-15(17)2/h4-11,13,21H,12H2,1-3H3. The summed E-state index contributed by atoms with van der Waals surface area (Å²) in [5.74, 6) is 0. The van der Waals surface area contributed by atoms with Crippen molar-refractivity contribution in [3.63, 3.8) is 0 Å². The zero-order valence-electron chi connectivity index (χ0n) is 14.5. The molecule has 6 heteroatoms. The summed E-state index contributed by atoms with van der Waals surface area (Å²) in [7, 11) is -3.63. The Labute approximate surface area is 148 Å². The number of hydrogen-bond acceptors (Lipinski definition) is 3. The third-order valence-electron chi connectivity index (χ3n) is 4.10. The molecule has 1 aromatic heterocycles. The van der Waals surface area contributed by atoms with Gasteiger partial charge in [0.15, 0.2) is 0 Å². The SMILES string of the molecule is Cc1ccc(S(=O)(=O)Nc2cnn(Cc3ccccc3C)c2)c(C)c1. The zero-order chi connectivity index (χ0) is 18.0. The fourth-order valence-electron chi connectivity index (χ4n) is 2.78. The van der Waals surface area contributed by atoms with Crippen LogP contribution in [-0.4, -0.2) is 18.2 Å². The fourth-order valence-corrected chi connectivity index (χ4v) is 4.03. The van der Waals surface area contributed by atoms with Gasteiger partial charge in [0.1, 0.15) is 0 Å². The highest BCUT2D eigenvalue weighted by atomic mass is 32.2. The van der Waals surface area contributed by atoms with E-state index < -0.39 is 10.0 Å². The molecule has 0 aliphatic carbocycles. The van der Waals surface area contributed by atoms with Crippen LogP contribution in [0.5, 0.6) is 0 Å². The Kier molecular flexibility index (Phi) is 4.63. The van der Waals surface area contributed by atoms with E-state index in [1.54, 1.807) is 29.9 Å². The van der Waals surface area contributed by atoms with Crippen molar-refractivity contribution in [1.29, 1.82) is 0 Å². The average Bonchev–Trinajstić information content (AvgIpc) is 2.95. The Morgan fingerprint density at radius 2 is 1.80 bits per heavy atom. The number of nitrogens with one attached hydrogen (secondary N) is 1. The average molecular weight is 355 g/mol. The van der Waals surface area contributed by atoms with Gasteiger partial charge in [-0.1, -0.05) is 42.0 Å². The van der Waals surface area contributed by atoms with Crippen molar-refractivity contribution in [3.8, 4) is 0 Å². The number of sulfonamides is 1. The molecule has 130 valence electrons. The van der Waals surface area contributed by atoms with Gasteiger partial charge in [-0.15, -0.1) is 0 Å². The lowest BCUT2D eigenvalue weighted by molar-refractivity contribution is 0.600. The molecule has 0 fully saturated rings. The molecule has 1 N–H and O–H groups in total. The molecule has 5 nitrogen and oxygen atoms in total. The van der Waals surface area contributed by atoms with E-state index in [0.29, 0.717) is 12.2 Å². The predicted molar refractivity (Wildman–Crippen MR) is 99.2 cm³/mol. The van der Waals surface area contributed by atoms with Crippen molar-refractivity contribution in [2.45, 2.75) is 32.2 Å². The first-order chi connectivity index (χ1) is 11.8. The topological polar surface area (TPSA) is 64.0 Å². The van der Waals surface area contributed by atoms with Gasteiger partial charge in [0.2, 0.25) is 0 Å². The van der Waals surface area contributed by atoms with Crippen molar-refractivity contribution in [3.05, 3.63) is 77.1 Å². The summed E-state index contributed by atoms with van der Waals surface area (Å²) in [4.78, 5) is 0.282. The van der Waals surface area contributed by atoms with Crippen LogP contribution in [0.2, 0.25) is 0 Å². The van der Waals surface area contributed by atoms with E-state index in [0.717, 1.165) is 16.7 Å². The van der Waals surface area contributed by atoms with Gasteiger partial charge in [-0.05, 0) is 43.5 Å². The number of rotatable bonds is 5. The monoisotopic (exact) mass is 355 g/mol. The van der Waals surface area contributed by atoms with E-state index in [4.69, 9.17) is 0 Å². The molecular weight excluding hydrogens is 334 g/mol. The summed E-state index contributed by atoms with van der Waals surface area (Å²) in [5.41, 5.74) is 4.53. The Hall–Kier alpha value is -2.60. The van der Waals surface area contributed by atoms with Gasteiger partial charge >= 0.3 is 0 Å². The van der Waals surface area contributed by atoms with Crippen molar-refractivity contribution >= 4 is 15.7 Å². The van der Waals surface area contributed by atoms with Crippen LogP contribution in [-0.2, 0) is 16.6 Å². The summed E-state index contributed by atoms with van der Waals surface area (Å²) in [5, 5.41) is 4.26. The minimum atomic E-state index is -3.63. The predicted octanol–water partition coefficient (Wildman–Crippen LogP) is 3.66. The number of aryl methyl sites for hydroxylation is 3. The van der Waals surface area contributed by atoms with Crippen molar-refractivity contribution in [1.82, 2.24) is 9.78 Å². The molecule has 0 unspecified atom stereocenters. The molecule has 0 amide bonds. The molecule has 0 saturated carbocycles. The molecule has 0 saturated heterocycles. The van der Waals surface area contributed by atoms with E-state index in [-0.39, 0.29) is 4.90 Å². The van der Waals surface area contributed by atoms with Gasteiger partial charge in [-0.2, -0.15) is 5.10 Å². The molecule has 25 heavy (non-hydrogen) atoms. The molecule has 0 aliphatic heterocycles. The fraction of sp³-hybridized carbons (Fsp3) is 0.211. The summed E-state index contributed by atoms with van der Waals surface area (Å²) in [6, 6.07) is 13.3. The summed E-state index contributed by atoms with van der Waals surface area (Å²) < 4.78 is 29.5. The van der Waals surface area contributed by atoms with Gasteiger partial charge in [0, 0.05) is 6.20 Å². The molecule has 1 heterocycles. The van der Waals surface area contributed by atoms with Crippen molar-refractivity contribution < 1.29 is 8.42 Å². The van der Waals surface area contributed by atoms with Crippen LogP contribution in [0, 0.1) is 20.8 Å². The Morgan fingerprint density at radius 3 is 2.52 bits per heavy atom. The maximum Gasteiger partial charge on any atom is 0.262 e. The molecule has 3 aromatic rings. The largest absolute Gasteiger partial charge is 0.276 e. The first-order valence-electron chi connectivity index (χ1n) is 8.02. The second-order valence-corrected chi connectivity index (χ2v) is 7.88. The minimum Gasteiger partial charge on any atom is -0.276 e. The van der Waals surface area contributed by atoms with E-state index in [9.17, 15) is 8.42 Å². The Bertz CT molecular complexity index is 1010. The smallest absolute Gasteiger partial charge is 0.262 e. The molecule has 0 aliphatic rings. The molecule has 0 spiro atoms. The third kappa shape index (κ3) is 3.91. The van der Waals surface area contributed by atoms with Crippen molar-refractivity contribution in [2.75, 3.05) is 4.72 Å². The Morgan fingerprint density at radius 1 is 1.04 bits per heavy atom. The molecule has 0 radical (unpaired) electrons. The van der Waals surface area contributed by atoms with Gasteiger partial charge in [0.25, 0.3) is 10.0 Å².